The highest BCUT2D eigenvalue weighted by molar-refractivity contribution is 7.90. The zero-order valence-corrected chi connectivity index (χ0v) is 17.8. The quantitative estimate of drug-likeness (QED) is 0.427. The van der Waals surface area contributed by atoms with Gasteiger partial charge in [-0.2, -0.15) is 0 Å². The number of anilines is 1. The molecular weight excluding hydrogens is 428 g/mol. The molecule has 0 saturated carbocycles. The number of carbonyl (C=O) groups is 1. The zero-order chi connectivity index (χ0) is 22.4. The fraction of sp³-hybridized carbons (Fsp3) is 0.0833. The number of rotatable bonds is 8. The van der Waals surface area contributed by atoms with Gasteiger partial charge in [-0.15, -0.1) is 0 Å². The number of amides is 1. The maximum Gasteiger partial charge on any atom is 0.291 e. The molecule has 7 nitrogen and oxygen atoms in total. The van der Waals surface area contributed by atoms with Crippen molar-refractivity contribution < 1.29 is 22.4 Å². The van der Waals surface area contributed by atoms with Gasteiger partial charge in [0, 0.05) is 6.07 Å². The van der Waals surface area contributed by atoms with Crippen molar-refractivity contribution in [1.29, 1.82) is 0 Å². The molecule has 8 heteroatoms. The SMILES string of the molecule is O=C(Nc1ccc(OCc2ccccc2)nc1)c1ccc(CS(=O)(=O)c2ccccc2)o1. The minimum atomic E-state index is -3.56. The smallest absolute Gasteiger partial charge is 0.291 e. The molecule has 162 valence electrons. The van der Waals surface area contributed by atoms with Gasteiger partial charge in [-0.1, -0.05) is 48.5 Å². The first kappa shape index (κ1) is 21.3. The minimum Gasteiger partial charge on any atom is -0.473 e. The van der Waals surface area contributed by atoms with E-state index in [2.05, 4.69) is 10.3 Å². The van der Waals surface area contributed by atoms with Gasteiger partial charge in [-0.05, 0) is 35.9 Å². The van der Waals surface area contributed by atoms with Crippen LogP contribution in [-0.2, 0) is 22.2 Å². The third-order valence-corrected chi connectivity index (χ3v) is 6.20. The number of nitrogens with zero attached hydrogens (tertiary/aromatic N) is 1. The molecule has 0 aliphatic carbocycles. The van der Waals surface area contributed by atoms with Crippen molar-refractivity contribution in [3.63, 3.8) is 0 Å². The van der Waals surface area contributed by atoms with Crippen LogP contribution in [0.1, 0.15) is 21.9 Å². The average molecular weight is 449 g/mol. The highest BCUT2D eigenvalue weighted by Gasteiger charge is 2.19. The van der Waals surface area contributed by atoms with Gasteiger partial charge in [-0.3, -0.25) is 4.79 Å². The lowest BCUT2D eigenvalue weighted by Crippen LogP contribution is -2.11. The average Bonchev–Trinajstić information content (AvgIpc) is 3.28. The van der Waals surface area contributed by atoms with E-state index in [4.69, 9.17) is 9.15 Å². The van der Waals surface area contributed by atoms with E-state index in [-0.39, 0.29) is 22.2 Å². The number of hydrogen-bond donors (Lipinski definition) is 1. The second-order valence-corrected chi connectivity index (χ2v) is 8.94. The van der Waals surface area contributed by atoms with Gasteiger partial charge < -0.3 is 14.5 Å². The summed E-state index contributed by atoms with van der Waals surface area (Å²) in [6, 6.07) is 24.0. The lowest BCUT2D eigenvalue weighted by Gasteiger charge is -2.07. The summed E-state index contributed by atoms with van der Waals surface area (Å²) in [6.07, 6.45) is 1.47. The number of nitrogens with one attached hydrogen (secondary N) is 1. The summed E-state index contributed by atoms with van der Waals surface area (Å²) in [5.74, 6) is -0.222. The number of aromatic nitrogens is 1. The fourth-order valence-electron chi connectivity index (χ4n) is 2.94. The van der Waals surface area contributed by atoms with Crippen molar-refractivity contribution in [1.82, 2.24) is 4.98 Å². The number of benzene rings is 2. The van der Waals surface area contributed by atoms with Crippen LogP contribution >= 0.6 is 0 Å². The summed E-state index contributed by atoms with van der Waals surface area (Å²) in [6.45, 7) is 0.389. The molecule has 4 rings (SSSR count). The van der Waals surface area contributed by atoms with Crippen LogP contribution in [0, 0.1) is 0 Å². The zero-order valence-electron chi connectivity index (χ0n) is 17.0. The Morgan fingerprint density at radius 2 is 1.62 bits per heavy atom. The van der Waals surface area contributed by atoms with E-state index in [1.807, 2.05) is 30.3 Å². The van der Waals surface area contributed by atoms with E-state index < -0.39 is 15.7 Å². The Labute approximate surface area is 185 Å². The Morgan fingerprint density at radius 3 is 2.31 bits per heavy atom. The summed E-state index contributed by atoms with van der Waals surface area (Å²) < 4.78 is 36.0. The van der Waals surface area contributed by atoms with Crippen LogP contribution in [0.25, 0.3) is 0 Å². The summed E-state index contributed by atoms with van der Waals surface area (Å²) >= 11 is 0. The molecule has 2 aromatic carbocycles. The van der Waals surface area contributed by atoms with E-state index in [9.17, 15) is 13.2 Å². The van der Waals surface area contributed by atoms with E-state index in [0.29, 0.717) is 18.2 Å². The van der Waals surface area contributed by atoms with Gasteiger partial charge in [0.25, 0.3) is 5.91 Å². The second-order valence-electron chi connectivity index (χ2n) is 6.95. The van der Waals surface area contributed by atoms with Crippen LogP contribution < -0.4 is 10.1 Å². The van der Waals surface area contributed by atoms with Crippen LogP contribution in [0.3, 0.4) is 0 Å². The van der Waals surface area contributed by atoms with Crippen LogP contribution in [-0.4, -0.2) is 19.3 Å². The second kappa shape index (κ2) is 9.49. The predicted octanol–water partition coefficient (Wildman–Crippen LogP) is 4.48. The number of hydrogen-bond acceptors (Lipinski definition) is 6. The molecule has 4 aromatic rings. The molecular formula is C24H20N2O5S. The summed E-state index contributed by atoms with van der Waals surface area (Å²) in [7, 11) is -3.56. The van der Waals surface area contributed by atoms with Gasteiger partial charge in [-0.25, -0.2) is 13.4 Å². The molecule has 0 fully saturated rings. The highest BCUT2D eigenvalue weighted by Crippen LogP contribution is 2.19. The van der Waals surface area contributed by atoms with Gasteiger partial charge in [0.15, 0.2) is 15.6 Å². The van der Waals surface area contributed by atoms with Gasteiger partial charge in [0.05, 0.1) is 16.8 Å². The summed E-state index contributed by atoms with van der Waals surface area (Å²) in [4.78, 5) is 16.8. The molecule has 32 heavy (non-hydrogen) atoms. The van der Waals surface area contributed by atoms with E-state index >= 15 is 0 Å². The van der Waals surface area contributed by atoms with Crippen molar-refractivity contribution in [2.24, 2.45) is 0 Å². The van der Waals surface area contributed by atoms with Crippen LogP contribution in [0.4, 0.5) is 5.69 Å². The van der Waals surface area contributed by atoms with Crippen molar-refractivity contribution >= 4 is 21.4 Å². The third-order valence-electron chi connectivity index (χ3n) is 4.54. The van der Waals surface area contributed by atoms with Crippen molar-refractivity contribution in [2.45, 2.75) is 17.3 Å². The van der Waals surface area contributed by atoms with E-state index in [1.165, 1.54) is 30.5 Å². The lowest BCUT2D eigenvalue weighted by molar-refractivity contribution is 0.0995. The summed E-state index contributed by atoms with van der Waals surface area (Å²) in [5, 5.41) is 2.67. The predicted molar refractivity (Wildman–Crippen MR) is 119 cm³/mol. The van der Waals surface area contributed by atoms with Crippen molar-refractivity contribution in [3.8, 4) is 5.88 Å². The largest absolute Gasteiger partial charge is 0.473 e. The van der Waals surface area contributed by atoms with E-state index in [0.717, 1.165) is 5.56 Å². The Hall–Kier alpha value is -3.91. The first-order valence-electron chi connectivity index (χ1n) is 9.80. The van der Waals surface area contributed by atoms with Crippen molar-refractivity contribution in [3.05, 3.63) is 108 Å². The van der Waals surface area contributed by atoms with Gasteiger partial charge in [0.1, 0.15) is 18.1 Å². The monoisotopic (exact) mass is 448 g/mol. The topological polar surface area (TPSA) is 98.5 Å². The van der Waals surface area contributed by atoms with Crippen LogP contribution in [0.2, 0.25) is 0 Å². The molecule has 0 aliphatic rings. The fourth-order valence-corrected chi connectivity index (χ4v) is 4.21. The molecule has 0 saturated heterocycles. The maximum atomic E-state index is 12.5. The normalized spacial score (nSPS) is 11.1. The first-order valence-corrected chi connectivity index (χ1v) is 11.5. The van der Waals surface area contributed by atoms with E-state index in [1.54, 1.807) is 30.3 Å². The molecule has 0 atom stereocenters. The molecule has 1 N–H and O–H groups in total. The Morgan fingerprint density at radius 1 is 0.906 bits per heavy atom. The molecule has 0 aliphatic heterocycles. The number of sulfone groups is 1. The first-order chi connectivity index (χ1) is 15.5. The molecule has 1 amide bonds. The Balaban J connectivity index is 1.35. The van der Waals surface area contributed by atoms with Crippen LogP contribution in [0.5, 0.6) is 5.88 Å². The lowest BCUT2D eigenvalue weighted by atomic mass is 10.2. The minimum absolute atomic E-state index is 0.00710. The number of pyridine rings is 1. The molecule has 0 radical (unpaired) electrons. The Kier molecular flexibility index (Phi) is 6.32. The Bertz CT molecular complexity index is 1290. The highest BCUT2D eigenvalue weighted by atomic mass is 32.2. The number of furan rings is 1. The third kappa shape index (κ3) is 5.41. The molecule has 2 aromatic heterocycles. The molecule has 2 heterocycles. The summed E-state index contributed by atoms with van der Waals surface area (Å²) in [5.41, 5.74) is 1.48. The molecule has 0 spiro atoms. The van der Waals surface area contributed by atoms with Crippen LogP contribution in [0.15, 0.2) is 100 Å². The van der Waals surface area contributed by atoms with Gasteiger partial charge in [0.2, 0.25) is 5.88 Å². The maximum absolute atomic E-state index is 12.5. The van der Waals surface area contributed by atoms with Crippen molar-refractivity contribution in [2.75, 3.05) is 5.32 Å². The van der Waals surface area contributed by atoms with Gasteiger partial charge >= 0.3 is 0 Å². The number of carbonyl (C=O) groups excluding carboxylic acids is 1. The standard InChI is InChI=1S/C24H20N2O5S/c27-24(22-13-12-20(31-22)17-32(28,29)21-9-5-2-6-10-21)26-19-11-14-23(25-15-19)30-16-18-7-3-1-4-8-18/h1-15H,16-17H2,(H,26,27). The number of ether oxygens (including phenoxy) is 1. The molecule has 0 unspecified atom stereocenters. The molecule has 0 bridgehead atoms.